The molecule has 0 saturated heterocycles. The number of non-ortho nitro benzene ring substituents is 1. The monoisotopic (exact) mass is 431 g/mol. The summed E-state index contributed by atoms with van der Waals surface area (Å²) >= 11 is 0. The van der Waals surface area contributed by atoms with Gasteiger partial charge in [-0.1, -0.05) is 12.1 Å². The van der Waals surface area contributed by atoms with Gasteiger partial charge >= 0.3 is 0 Å². The summed E-state index contributed by atoms with van der Waals surface area (Å²) in [5.74, 6) is 0.505. The summed E-state index contributed by atoms with van der Waals surface area (Å²) in [6.45, 7) is 5.65. The van der Waals surface area contributed by atoms with Gasteiger partial charge in [0.15, 0.2) is 12.2 Å². The van der Waals surface area contributed by atoms with Gasteiger partial charge in [0.25, 0.3) is 11.6 Å². The van der Waals surface area contributed by atoms with E-state index in [9.17, 15) is 14.9 Å². The van der Waals surface area contributed by atoms with Gasteiger partial charge in [-0.3, -0.25) is 14.9 Å². The highest BCUT2D eigenvalue weighted by atomic mass is 16.6. The molecule has 8 nitrogen and oxygen atoms in total. The molecule has 0 atom stereocenters. The number of nitrogens with one attached hydrogen (secondary N) is 1. The van der Waals surface area contributed by atoms with Gasteiger partial charge in [-0.25, -0.2) is 4.98 Å². The number of ether oxygens (including phenoxy) is 1. The molecule has 0 aliphatic rings. The Bertz CT molecular complexity index is 1330. The van der Waals surface area contributed by atoms with Crippen LogP contribution in [0.5, 0.6) is 5.75 Å². The molecule has 0 saturated carbocycles. The zero-order chi connectivity index (χ0) is 22.8. The number of hydrogen-bond donors (Lipinski definition) is 1. The Morgan fingerprint density at radius 3 is 2.59 bits per heavy atom. The van der Waals surface area contributed by atoms with Crippen molar-refractivity contribution < 1.29 is 18.9 Å². The molecule has 1 heterocycles. The molecule has 0 unspecified atom stereocenters. The van der Waals surface area contributed by atoms with Crippen LogP contribution in [0.2, 0.25) is 0 Å². The molecule has 32 heavy (non-hydrogen) atoms. The SMILES string of the molecule is Cc1cc(C)c2oc(-c3cccc(NC(=O)COc4ccc([N+](=O)[O-])cc4)c3C)nc2c1. The number of nitro benzene ring substituents is 1. The van der Waals surface area contributed by atoms with Crippen molar-refractivity contribution in [3.63, 3.8) is 0 Å². The minimum Gasteiger partial charge on any atom is -0.484 e. The van der Waals surface area contributed by atoms with E-state index in [1.165, 1.54) is 24.3 Å². The van der Waals surface area contributed by atoms with Crippen LogP contribution in [0.25, 0.3) is 22.6 Å². The third-order valence-electron chi connectivity index (χ3n) is 5.08. The normalized spacial score (nSPS) is 10.8. The molecule has 0 spiro atoms. The summed E-state index contributed by atoms with van der Waals surface area (Å²) in [6.07, 6.45) is 0. The smallest absolute Gasteiger partial charge is 0.269 e. The van der Waals surface area contributed by atoms with Crippen molar-refractivity contribution in [3.05, 3.63) is 81.4 Å². The van der Waals surface area contributed by atoms with E-state index < -0.39 is 4.92 Å². The van der Waals surface area contributed by atoms with Gasteiger partial charge in [-0.15, -0.1) is 0 Å². The van der Waals surface area contributed by atoms with Gasteiger partial charge < -0.3 is 14.5 Å². The number of carbonyl (C=O) groups is 1. The molecule has 1 aromatic heterocycles. The molecule has 1 amide bonds. The van der Waals surface area contributed by atoms with E-state index in [4.69, 9.17) is 9.15 Å². The number of oxazole rings is 1. The lowest BCUT2D eigenvalue weighted by Crippen LogP contribution is -2.20. The maximum absolute atomic E-state index is 12.4. The minimum atomic E-state index is -0.494. The number of amides is 1. The van der Waals surface area contributed by atoms with Crippen LogP contribution in [0.3, 0.4) is 0 Å². The fourth-order valence-corrected chi connectivity index (χ4v) is 3.49. The topological polar surface area (TPSA) is 108 Å². The maximum atomic E-state index is 12.4. The number of carbonyl (C=O) groups excluding carboxylic acids is 1. The second-order valence-electron chi connectivity index (χ2n) is 7.52. The van der Waals surface area contributed by atoms with Crippen LogP contribution in [0, 0.1) is 30.9 Å². The summed E-state index contributed by atoms with van der Waals surface area (Å²) in [6, 6.07) is 15.1. The van der Waals surface area contributed by atoms with Crippen LogP contribution in [-0.2, 0) is 4.79 Å². The zero-order valence-electron chi connectivity index (χ0n) is 17.8. The van der Waals surface area contributed by atoms with Crippen LogP contribution in [0.15, 0.2) is 59.0 Å². The number of nitro groups is 1. The fraction of sp³-hybridized carbons (Fsp3) is 0.167. The molecule has 0 bridgehead atoms. The minimum absolute atomic E-state index is 0.0428. The van der Waals surface area contributed by atoms with E-state index in [0.29, 0.717) is 17.3 Å². The number of anilines is 1. The average molecular weight is 431 g/mol. The van der Waals surface area contributed by atoms with Gasteiger partial charge in [-0.2, -0.15) is 0 Å². The summed E-state index contributed by atoms with van der Waals surface area (Å²) in [5.41, 5.74) is 5.85. The molecule has 0 aliphatic carbocycles. The second-order valence-corrected chi connectivity index (χ2v) is 7.52. The highest BCUT2D eigenvalue weighted by Gasteiger charge is 2.16. The molecule has 0 fully saturated rings. The molecular formula is C24H21N3O5. The first-order valence-corrected chi connectivity index (χ1v) is 9.96. The first-order chi connectivity index (χ1) is 15.3. The van der Waals surface area contributed by atoms with Crippen molar-refractivity contribution in [2.24, 2.45) is 0 Å². The molecule has 8 heteroatoms. The Balaban J connectivity index is 1.49. The Kier molecular flexibility index (Phi) is 5.59. The highest BCUT2D eigenvalue weighted by Crippen LogP contribution is 2.32. The van der Waals surface area contributed by atoms with Gasteiger partial charge in [-0.05, 0) is 67.8 Å². The third-order valence-corrected chi connectivity index (χ3v) is 5.08. The van der Waals surface area contributed by atoms with Crippen LogP contribution in [-0.4, -0.2) is 22.4 Å². The summed E-state index contributed by atoms with van der Waals surface area (Å²) in [7, 11) is 0. The Hall–Kier alpha value is -4.20. The van der Waals surface area contributed by atoms with Gasteiger partial charge in [0.2, 0.25) is 5.89 Å². The summed E-state index contributed by atoms with van der Waals surface area (Å²) in [5, 5.41) is 13.5. The number of nitrogens with zero attached hydrogens (tertiary/aromatic N) is 2. The Morgan fingerprint density at radius 1 is 1.12 bits per heavy atom. The first-order valence-electron chi connectivity index (χ1n) is 9.96. The van der Waals surface area contributed by atoms with E-state index in [1.807, 2.05) is 45.0 Å². The van der Waals surface area contributed by atoms with Crippen LogP contribution >= 0.6 is 0 Å². The number of hydrogen-bond acceptors (Lipinski definition) is 6. The molecule has 4 rings (SSSR count). The number of fused-ring (bicyclic) bond motifs is 1. The third kappa shape index (κ3) is 4.29. The van der Waals surface area contributed by atoms with Crippen LogP contribution < -0.4 is 10.1 Å². The predicted octanol–water partition coefficient (Wildman–Crippen LogP) is 5.35. The number of aromatic nitrogens is 1. The van der Waals surface area contributed by atoms with E-state index in [0.717, 1.165) is 33.4 Å². The second kappa shape index (κ2) is 8.50. The van der Waals surface area contributed by atoms with E-state index in [2.05, 4.69) is 10.3 Å². The highest BCUT2D eigenvalue weighted by molar-refractivity contribution is 5.93. The maximum Gasteiger partial charge on any atom is 0.269 e. The molecule has 162 valence electrons. The van der Waals surface area contributed by atoms with Gasteiger partial charge in [0, 0.05) is 23.4 Å². The predicted molar refractivity (Wildman–Crippen MR) is 121 cm³/mol. The van der Waals surface area contributed by atoms with Crippen molar-refractivity contribution in [1.29, 1.82) is 0 Å². The van der Waals surface area contributed by atoms with E-state index >= 15 is 0 Å². The molecule has 0 aliphatic heterocycles. The lowest BCUT2D eigenvalue weighted by Gasteiger charge is -2.11. The van der Waals surface area contributed by atoms with E-state index in [1.54, 1.807) is 6.07 Å². The molecule has 4 aromatic rings. The Morgan fingerprint density at radius 2 is 1.88 bits per heavy atom. The first kappa shape index (κ1) is 21.0. The number of rotatable bonds is 6. The van der Waals surface area contributed by atoms with Crippen molar-refractivity contribution in [1.82, 2.24) is 4.98 Å². The van der Waals surface area contributed by atoms with Crippen molar-refractivity contribution >= 4 is 28.4 Å². The zero-order valence-corrected chi connectivity index (χ0v) is 17.8. The fourth-order valence-electron chi connectivity index (χ4n) is 3.49. The van der Waals surface area contributed by atoms with Crippen LogP contribution in [0.4, 0.5) is 11.4 Å². The van der Waals surface area contributed by atoms with Gasteiger partial charge in [0.05, 0.1) is 4.92 Å². The summed E-state index contributed by atoms with van der Waals surface area (Å²) in [4.78, 5) is 27.3. The standard InChI is InChI=1S/C24H21N3O5/c1-14-11-15(2)23-21(12-14)26-24(32-23)19-5-4-6-20(16(19)3)25-22(28)13-31-18-9-7-17(8-10-18)27(29)30/h4-12H,13H2,1-3H3,(H,25,28). The lowest BCUT2D eigenvalue weighted by molar-refractivity contribution is -0.384. The quantitative estimate of drug-likeness (QED) is 0.326. The lowest BCUT2D eigenvalue weighted by atomic mass is 10.1. The Labute approximate surface area is 184 Å². The van der Waals surface area contributed by atoms with E-state index in [-0.39, 0.29) is 18.2 Å². The molecular weight excluding hydrogens is 410 g/mol. The number of aryl methyl sites for hydroxylation is 2. The van der Waals surface area contributed by atoms with Crippen molar-refractivity contribution in [2.45, 2.75) is 20.8 Å². The number of benzene rings is 3. The molecule has 1 N–H and O–H groups in total. The molecule has 3 aromatic carbocycles. The van der Waals surface area contributed by atoms with Crippen molar-refractivity contribution in [2.75, 3.05) is 11.9 Å². The summed E-state index contributed by atoms with van der Waals surface area (Å²) < 4.78 is 11.4. The largest absolute Gasteiger partial charge is 0.484 e. The molecule has 0 radical (unpaired) electrons. The van der Waals surface area contributed by atoms with Crippen molar-refractivity contribution in [3.8, 4) is 17.2 Å². The van der Waals surface area contributed by atoms with Gasteiger partial charge in [0.1, 0.15) is 11.3 Å². The average Bonchev–Trinajstić information content (AvgIpc) is 3.18. The van der Waals surface area contributed by atoms with Crippen LogP contribution in [0.1, 0.15) is 16.7 Å².